The molecule has 3 rings (SSSR count). The van der Waals surface area contributed by atoms with Gasteiger partial charge in [-0.3, -0.25) is 4.90 Å². The van der Waals surface area contributed by atoms with E-state index in [2.05, 4.69) is 10.2 Å². The van der Waals surface area contributed by atoms with Crippen molar-refractivity contribution in [3.8, 4) is 11.5 Å². The molecule has 1 aliphatic heterocycles. The minimum Gasteiger partial charge on any atom is -0.493 e. The fraction of sp³-hybridized carbons (Fsp3) is 0.409. The summed E-state index contributed by atoms with van der Waals surface area (Å²) in [5.41, 5.74) is 8.44. The zero-order valence-electron chi connectivity index (χ0n) is 17.1. The fourth-order valence-corrected chi connectivity index (χ4v) is 3.84. The van der Waals surface area contributed by atoms with Gasteiger partial charge >= 0.3 is 5.97 Å². The second-order valence-electron chi connectivity index (χ2n) is 7.42. The molecule has 0 atom stereocenters. The van der Waals surface area contributed by atoms with Crippen LogP contribution < -0.4 is 20.5 Å². The fourth-order valence-electron chi connectivity index (χ4n) is 3.64. The van der Waals surface area contributed by atoms with E-state index in [1.165, 1.54) is 0 Å². The molecule has 1 fully saturated rings. The maximum absolute atomic E-state index is 10.9. The van der Waals surface area contributed by atoms with E-state index in [1.54, 1.807) is 13.2 Å². The molecule has 0 amide bonds. The first-order valence-electron chi connectivity index (χ1n) is 9.96. The molecular formula is C22H28ClN3O4. The molecule has 4 N–H and O–H groups in total. The smallest absolute Gasteiger partial charge is 0.341 e. The Balaban J connectivity index is 1.52. The molecule has 2 aromatic rings. The third-order valence-corrected chi connectivity index (χ3v) is 5.59. The molecule has 2 aromatic carbocycles. The molecule has 30 heavy (non-hydrogen) atoms. The van der Waals surface area contributed by atoms with Crippen molar-refractivity contribution in [1.82, 2.24) is 10.2 Å². The predicted octanol–water partition coefficient (Wildman–Crippen LogP) is 3.15. The molecule has 0 radical (unpaired) electrons. The molecule has 0 unspecified atom stereocenters. The molecule has 0 bridgehead atoms. The van der Waals surface area contributed by atoms with Crippen molar-refractivity contribution in [2.45, 2.75) is 32.0 Å². The zero-order chi connectivity index (χ0) is 21.5. The van der Waals surface area contributed by atoms with Crippen LogP contribution in [0.5, 0.6) is 11.5 Å². The first kappa shape index (κ1) is 22.2. The summed E-state index contributed by atoms with van der Waals surface area (Å²) >= 11 is 6.12. The van der Waals surface area contributed by atoms with Crippen molar-refractivity contribution in [2.75, 3.05) is 32.5 Å². The molecule has 1 saturated heterocycles. The average Bonchev–Trinajstić information content (AvgIpc) is 2.74. The summed E-state index contributed by atoms with van der Waals surface area (Å²) < 4.78 is 10.8. The third kappa shape index (κ3) is 6.01. The van der Waals surface area contributed by atoms with Crippen LogP contribution in [-0.4, -0.2) is 48.8 Å². The van der Waals surface area contributed by atoms with Crippen LogP contribution in [-0.2, 0) is 17.9 Å². The number of carbonyl (C=O) groups is 1. The summed E-state index contributed by atoms with van der Waals surface area (Å²) in [5.74, 6) is -0.00493. The number of nitrogens with two attached hydrogens (primary N) is 1. The second kappa shape index (κ2) is 10.5. The van der Waals surface area contributed by atoms with E-state index < -0.39 is 12.6 Å². The van der Waals surface area contributed by atoms with Crippen LogP contribution in [0.25, 0.3) is 0 Å². The highest BCUT2D eigenvalue weighted by molar-refractivity contribution is 6.33. The van der Waals surface area contributed by atoms with Gasteiger partial charge in [-0.1, -0.05) is 29.8 Å². The van der Waals surface area contributed by atoms with Gasteiger partial charge in [0.25, 0.3) is 0 Å². The van der Waals surface area contributed by atoms with E-state index in [0.717, 1.165) is 43.6 Å². The third-order valence-electron chi connectivity index (χ3n) is 5.26. The lowest BCUT2D eigenvalue weighted by molar-refractivity contribution is -0.139. The van der Waals surface area contributed by atoms with Crippen molar-refractivity contribution in [2.24, 2.45) is 0 Å². The van der Waals surface area contributed by atoms with Gasteiger partial charge in [0, 0.05) is 24.7 Å². The molecule has 1 heterocycles. The van der Waals surface area contributed by atoms with Crippen molar-refractivity contribution >= 4 is 23.3 Å². The van der Waals surface area contributed by atoms with Crippen LogP contribution in [0.3, 0.4) is 0 Å². The van der Waals surface area contributed by atoms with Crippen molar-refractivity contribution in [1.29, 1.82) is 0 Å². The lowest BCUT2D eigenvalue weighted by atomic mass is 10.0. The van der Waals surface area contributed by atoms with Crippen molar-refractivity contribution in [3.05, 3.63) is 52.5 Å². The standard InChI is InChI=1S/C22H28ClN3O4/c1-29-20-4-2-3-16(22(20)30-14-21(27)28)12-25-17-7-9-26(10-8-17)13-15-5-6-19(24)18(23)11-15/h2-6,11,17,25H,7-10,12-14,24H2,1H3,(H,27,28). The van der Waals surface area contributed by atoms with Crippen molar-refractivity contribution < 1.29 is 19.4 Å². The Morgan fingerprint density at radius 2 is 2.07 bits per heavy atom. The largest absolute Gasteiger partial charge is 0.493 e. The van der Waals surface area contributed by atoms with Gasteiger partial charge in [0.15, 0.2) is 18.1 Å². The van der Waals surface area contributed by atoms with Gasteiger partial charge in [-0.2, -0.15) is 0 Å². The number of para-hydroxylation sites is 1. The maximum atomic E-state index is 10.9. The molecule has 0 saturated carbocycles. The van der Waals surface area contributed by atoms with Crippen LogP contribution in [0.1, 0.15) is 24.0 Å². The molecular weight excluding hydrogens is 406 g/mol. The van der Waals surface area contributed by atoms with Gasteiger partial charge in [-0.15, -0.1) is 0 Å². The SMILES string of the molecule is COc1cccc(CNC2CCN(Cc3ccc(N)c(Cl)c3)CC2)c1OCC(=O)O. The number of rotatable bonds is 9. The Bertz CT molecular complexity index is 869. The number of hydrogen-bond acceptors (Lipinski definition) is 6. The summed E-state index contributed by atoms with van der Waals surface area (Å²) in [6.45, 7) is 3.02. The number of ether oxygens (including phenoxy) is 2. The van der Waals surface area contributed by atoms with Crippen LogP contribution >= 0.6 is 11.6 Å². The van der Waals surface area contributed by atoms with E-state index in [4.69, 9.17) is 31.9 Å². The Morgan fingerprint density at radius 1 is 1.30 bits per heavy atom. The number of halogens is 1. The normalized spacial score (nSPS) is 15.1. The second-order valence-corrected chi connectivity index (χ2v) is 7.83. The summed E-state index contributed by atoms with van der Waals surface area (Å²) in [6, 6.07) is 11.8. The van der Waals surface area contributed by atoms with E-state index in [9.17, 15) is 4.79 Å². The topological polar surface area (TPSA) is 97.0 Å². The molecule has 8 heteroatoms. The number of methoxy groups -OCH3 is 1. The van der Waals surface area contributed by atoms with Gasteiger partial charge in [0.1, 0.15) is 0 Å². The maximum Gasteiger partial charge on any atom is 0.341 e. The highest BCUT2D eigenvalue weighted by Crippen LogP contribution is 2.31. The van der Waals surface area contributed by atoms with Gasteiger partial charge < -0.3 is 25.6 Å². The molecule has 162 valence electrons. The molecule has 0 spiro atoms. The number of nitrogens with one attached hydrogen (secondary N) is 1. The van der Waals surface area contributed by atoms with Crippen LogP contribution in [0.2, 0.25) is 5.02 Å². The number of nitrogen functional groups attached to an aromatic ring is 1. The number of aliphatic carboxylic acids is 1. The minimum absolute atomic E-state index is 0.384. The van der Waals surface area contributed by atoms with Crippen molar-refractivity contribution in [3.63, 3.8) is 0 Å². The minimum atomic E-state index is -1.02. The first-order valence-corrected chi connectivity index (χ1v) is 10.3. The molecule has 1 aliphatic rings. The average molecular weight is 434 g/mol. The van der Waals surface area contributed by atoms with Crippen LogP contribution in [0, 0.1) is 0 Å². The summed E-state index contributed by atoms with van der Waals surface area (Å²) in [6.07, 6.45) is 2.05. The monoisotopic (exact) mass is 433 g/mol. The van der Waals surface area contributed by atoms with E-state index >= 15 is 0 Å². The van der Waals surface area contributed by atoms with E-state index in [1.807, 2.05) is 30.3 Å². The number of carboxylic acids is 1. The number of benzene rings is 2. The van der Waals surface area contributed by atoms with Gasteiger partial charge in [0.05, 0.1) is 17.8 Å². The summed E-state index contributed by atoms with van der Waals surface area (Å²) in [7, 11) is 1.55. The predicted molar refractivity (Wildman–Crippen MR) is 117 cm³/mol. The van der Waals surface area contributed by atoms with Gasteiger partial charge in [0.2, 0.25) is 0 Å². The number of nitrogens with zero attached hydrogens (tertiary/aromatic N) is 1. The molecule has 0 aliphatic carbocycles. The Labute approximate surface area is 181 Å². The highest BCUT2D eigenvalue weighted by atomic mass is 35.5. The zero-order valence-corrected chi connectivity index (χ0v) is 17.8. The Kier molecular flexibility index (Phi) is 7.79. The highest BCUT2D eigenvalue weighted by Gasteiger charge is 2.20. The van der Waals surface area contributed by atoms with Crippen LogP contribution in [0.4, 0.5) is 5.69 Å². The molecule has 7 nitrogen and oxygen atoms in total. The summed E-state index contributed by atoms with van der Waals surface area (Å²) in [4.78, 5) is 13.3. The quantitative estimate of drug-likeness (QED) is 0.522. The Morgan fingerprint density at radius 3 is 2.73 bits per heavy atom. The number of piperidine rings is 1. The van der Waals surface area contributed by atoms with Gasteiger partial charge in [-0.25, -0.2) is 4.79 Å². The molecule has 0 aromatic heterocycles. The number of anilines is 1. The van der Waals surface area contributed by atoms with Gasteiger partial charge in [-0.05, 0) is 49.7 Å². The first-order chi connectivity index (χ1) is 14.5. The lowest BCUT2D eigenvalue weighted by Crippen LogP contribution is -2.41. The summed E-state index contributed by atoms with van der Waals surface area (Å²) in [5, 5.41) is 13.1. The van der Waals surface area contributed by atoms with E-state index in [-0.39, 0.29) is 0 Å². The van der Waals surface area contributed by atoms with Crippen LogP contribution in [0.15, 0.2) is 36.4 Å². The number of carboxylic acid groups (broad SMARTS) is 1. The van der Waals surface area contributed by atoms with E-state index in [0.29, 0.717) is 34.8 Å². The number of likely N-dealkylation sites (tertiary alicyclic amines) is 1. The Hall–Kier alpha value is -2.48. The lowest BCUT2D eigenvalue weighted by Gasteiger charge is -2.32. The number of hydrogen-bond donors (Lipinski definition) is 3.